The van der Waals surface area contributed by atoms with Gasteiger partial charge in [-0.25, -0.2) is 4.98 Å². The number of aliphatic hydroxyl groups excluding tert-OH is 1. The van der Waals surface area contributed by atoms with E-state index in [4.69, 9.17) is 4.98 Å². The lowest BCUT2D eigenvalue weighted by Gasteiger charge is -2.30. The Morgan fingerprint density at radius 3 is 2.32 bits per heavy atom. The summed E-state index contributed by atoms with van der Waals surface area (Å²) in [5.41, 5.74) is 1.53. The number of benzene rings is 2. The number of hydrogen-bond acceptors (Lipinski definition) is 6. The van der Waals surface area contributed by atoms with Gasteiger partial charge in [-0.15, -0.1) is 0 Å². The summed E-state index contributed by atoms with van der Waals surface area (Å²) in [6, 6.07) is 17.4. The molecule has 4 rings (SSSR count). The molecule has 1 aromatic heterocycles. The van der Waals surface area contributed by atoms with E-state index in [1.165, 1.54) is 0 Å². The van der Waals surface area contributed by atoms with Crippen molar-refractivity contribution in [1.82, 2.24) is 15.3 Å². The minimum absolute atomic E-state index is 0.0683. The van der Waals surface area contributed by atoms with Crippen molar-refractivity contribution in [2.24, 2.45) is 0 Å². The summed E-state index contributed by atoms with van der Waals surface area (Å²) in [6.07, 6.45) is 2.37. The number of rotatable bonds is 6. The molecule has 0 unspecified atom stereocenters. The van der Waals surface area contributed by atoms with Crippen LogP contribution < -0.4 is 15.5 Å². The average molecular weight is 420 g/mol. The van der Waals surface area contributed by atoms with Gasteiger partial charge < -0.3 is 20.6 Å². The molecule has 3 aromatic rings. The van der Waals surface area contributed by atoms with Crippen LogP contribution in [-0.2, 0) is 4.79 Å². The molecule has 1 amide bonds. The third-order valence-electron chi connectivity index (χ3n) is 5.78. The van der Waals surface area contributed by atoms with Gasteiger partial charge in [0.25, 0.3) is 5.91 Å². The highest BCUT2D eigenvalue weighted by molar-refractivity contribution is 5.90. The second-order valence-electron chi connectivity index (χ2n) is 8.30. The lowest BCUT2D eigenvalue weighted by molar-refractivity contribution is -0.130. The van der Waals surface area contributed by atoms with E-state index in [1.807, 2.05) is 61.5 Å². The molecule has 1 aliphatic rings. The molecule has 3 N–H and O–H groups in total. The molecule has 1 saturated carbocycles. The first-order valence-corrected chi connectivity index (χ1v) is 10.8. The number of carbonyl (C=O) groups excluding carboxylic acids is 1. The molecule has 0 radical (unpaired) electrons. The molecule has 1 fully saturated rings. The molecule has 2 aromatic carbocycles. The van der Waals surface area contributed by atoms with Crippen LogP contribution in [0.3, 0.4) is 0 Å². The molecule has 0 saturated heterocycles. The fourth-order valence-electron chi connectivity index (χ4n) is 4.10. The highest BCUT2D eigenvalue weighted by atomic mass is 16.3. The molecule has 1 heterocycles. The molecule has 162 valence electrons. The van der Waals surface area contributed by atoms with Gasteiger partial charge in [-0.3, -0.25) is 4.79 Å². The summed E-state index contributed by atoms with van der Waals surface area (Å²) >= 11 is 0. The zero-order chi connectivity index (χ0) is 21.8. The summed E-state index contributed by atoms with van der Waals surface area (Å²) in [7, 11) is 3.96. The molecule has 31 heavy (non-hydrogen) atoms. The normalized spacial score (nSPS) is 19.6. The summed E-state index contributed by atoms with van der Waals surface area (Å²) in [4.78, 5) is 23.8. The highest BCUT2D eigenvalue weighted by Crippen LogP contribution is 2.26. The van der Waals surface area contributed by atoms with Crippen LogP contribution >= 0.6 is 0 Å². The van der Waals surface area contributed by atoms with Gasteiger partial charge in [-0.2, -0.15) is 4.98 Å². The van der Waals surface area contributed by atoms with E-state index in [9.17, 15) is 9.90 Å². The third kappa shape index (κ3) is 4.94. The molecule has 7 nitrogen and oxygen atoms in total. The van der Waals surface area contributed by atoms with Crippen molar-refractivity contribution in [3.63, 3.8) is 0 Å². The van der Waals surface area contributed by atoms with Gasteiger partial charge in [0, 0.05) is 31.6 Å². The lowest BCUT2D eigenvalue weighted by atomic mass is 9.91. The molecule has 0 aliphatic heterocycles. The van der Waals surface area contributed by atoms with Crippen molar-refractivity contribution in [3.8, 4) is 0 Å². The summed E-state index contributed by atoms with van der Waals surface area (Å²) in [5, 5.41) is 17.8. The van der Waals surface area contributed by atoms with Crippen LogP contribution in [0, 0.1) is 0 Å². The summed E-state index contributed by atoms with van der Waals surface area (Å²) in [6.45, 7) is 0. The van der Waals surface area contributed by atoms with Gasteiger partial charge in [0.05, 0.1) is 5.52 Å². The van der Waals surface area contributed by atoms with Gasteiger partial charge in [0.2, 0.25) is 5.95 Å². The van der Waals surface area contributed by atoms with E-state index in [-0.39, 0.29) is 18.0 Å². The molecule has 1 atom stereocenters. The van der Waals surface area contributed by atoms with E-state index in [0.717, 1.165) is 42.4 Å². The highest BCUT2D eigenvalue weighted by Gasteiger charge is 2.26. The Labute approximate surface area is 182 Å². The molecular weight excluding hydrogens is 390 g/mol. The monoisotopic (exact) mass is 419 g/mol. The summed E-state index contributed by atoms with van der Waals surface area (Å²) in [5.74, 6) is 1.19. The molecule has 7 heteroatoms. The first-order chi connectivity index (χ1) is 15.0. The van der Waals surface area contributed by atoms with E-state index in [1.54, 1.807) is 12.1 Å². The summed E-state index contributed by atoms with van der Waals surface area (Å²) < 4.78 is 0. The smallest absolute Gasteiger partial charge is 0.253 e. The maximum absolute atomic E-state index is 12.4. The quantitative estimate of drug-likeness (QED) is 0.568. The number of nitrogens with zero attached hydrogens (tertiary/aromatic N) is 3. The zero-order valence-electron chi connectivity index (χ0n) is 18.0. The van der Waals surface area contributed by atoms with Crippen molar-refractivity contribution in [3.05, 3.63) is 60.2 Å². The standard InChI is InChI=1S/C24H29N5O2/c1-29(2)22-19-10-6-7-11-20(19)27-24(28-22)26-18-14-12-17(13-15-18)25-23(31)21(30)16-8-4-3-5-9-16/h3-11,17-18,21,30H,12-15H2,1-2H3,(H,25,31)(H,26,27,28)/t17?,18?,21-/m1/s1. The predicted molar refractivity (Wildman–Crippen MR) is 123 cm³/mol. The SMILES string of the molecule is CN(C)c1nc(NC2CCC(NC(=O)[C@H](O)c3ccccc3)CC2)nc2ccccc12. The number of aromatic nitrogens is 2. The van der Waals surface area contributed by atoms with E-state index >= 15 is 0 Å². The Morgan fingerprint density at radius 1 is 0.968 bits per heavy atom. The Morgan fingerprint density at radius 2 is 1.61 bits per heavy atom. The van der Waals surface area contributed by atoms with Crippen molar-refractivity contribution in [1.29, 1.82) is 0 Å². The van der Waals surface area contributed by atoms with Crippen LogP contribution in [0.15, 0.2) is 54.6 Å². The van der Waals surface area contributed by atoms with Gasteiger partial charge in [0.15, 0.2) is 6.10 Å². The van der Waals surface area contributed by atoms with Crippen LogP contribution in [0.25, 0.3) is 10.9 Å². The van der Waals surface area contributed by atoms with Gasteiger partial charge in [-0.05, 0) is 43.4 Å². The number of aliphatic hydroxyl groups is 1. The van der Waals surface area contributed by atoms with Gasteiger partial charge >= 0.3 is 0 Å². The fraction of sp³-hybridized carbons (Fsp3) is 0.375. The second kappa shape index (κ2) is 9.31. The zero-order valence-corrected chi connectivity index (χ0v) is 18.0. The first kappa shape index (κ1) is 21.1. The number of para-hydroxylation sites is 1. The van der Waals surface area contributed by atoms with Gasteiger partial charge in [0.1, 0.15) is 5.82 Å². The first-order valence-electron chi connectivity index (χ1n) is 10.8. The van der Waals surface area contributed by atoms with Crippen molar-refractivity contribution in [2.75, 3.05) is 24.3 Å². The maximum Gasteiger partial charge on any atom is 0.253 e. The lowest BCUT2D eigenvalue weighted by Crippen LogP contribution is -2.42. The Hall–Kier alpha value is -3.19. The molecule has 0 bridgehead atoms. The Bertz CT molecular complexity index is 1030. The van der Waals surface area contributed by atoms with Crippen LogP contribution in [0.5, 0.6) is 0 Å². The third-order valence-corrected chi connectivity index (χ3v) is 5.78. The number of carbonyl (C=O) groups is 1. The number of nitrogens with one attached hydrogen (secondary N) is 2. The van der Waals surface area contributed by atoms with Crippen molar-refractivity contribution in [2.45, 2.75) is 43.9 Å². The van der Waals surface area contributed by atoms with Crippen LogP contribution in [0.2, 0.25) is 0 Å². The van der Waals surface area contributed by atoms with Crippen LogP contribution in [0.1, 0.15) is 37.4 Å². The number of fused-ring (bicyclic) bond motifs is 1. The fourth-order valence-corrected chi connectivity index (χ4v) is 4.10. The van der Waals surface area contributed by atoms with E-state index < -0.39 is 6.10 Å². The molecular formula is C24H29N5O2. The molecule has 0 spiro atoms. The minimum Gasteiger partial charge on any atom is -0.378 e. The van der Waals surface area contributed by atoms with E-state index in [0.29, 0.717) is 11.5 Å². The number of anilines is 2. The van der Waals surface area contributed by atoms with Crippen molar-refractivity contribution < 1.29 is 9.90 Å². The number of hydrogen-bond donors (Lipinski definition) is 3. The van der Waals surface area contributed by atoms with Crippen LogP contribution in [0.4, 0.5) is 11.8 Å². The maximum atomic E-state index is 12.4. The minimum atomic E-state index is -1.13. The second-order valence-corrected chi connectivity index (χ2v) is 8.30. The molecule has 1 aliphatic carbocycles. The Balaban J connectivity index is 1.35. The predicted octanol–water partition coefficient (Wildman–Crippen LogP) is 3.27. The van der Waals surface area contributed by atoms with Crippen LogP contribution in [-0.4, -0.2) is 47.2 Å². The van der Waals surface area contributed by atoms with E-state index in [2.05, 4.69) is 15.6 Å². The van der Waals surface area contributed by atoms with Gasteiger partial charge in [-0.1, -0.05) is 42.5 Å². The Kier molecular flexibility index (Phi) is 6.32. The number of amides is 1. The largest absolute Gasteiger partial charge is 0.378 e. The average Bonchev–Trinajstić information content (AvgIpc) is 2.79. The topological polar surface area (TPSA) is 90.4 Å². The van der Waals surface area contributed by atoms with Crippen molar-refractivity contribution >= 4 is 28.6 Å².